The molecule has 0 saturated carbocycles. The molecule has 0 aliphatic carbocycles. The minimum atomic E-state index is 0.573. The van der Waals surface area contributed by atoms with Crippen molar-refractivity contribution in [1.29, 1.82) is 0 Å². The fourth-order valence-corrected chi connectivity index (χ4v) is 1.74. The fourth-order valence-electron chi connectivity index (χ4n) is 1.24. The van der Waals surface area contributed by atoms with Crippen LogP contribution in [0.25, 0.3) is 0 Å². The average Bonchev–Trinajstić information content (AvgIpc) is 2.27. The van der Waals surface area contributed by atoms with Gasteiger partial charge in [0.15, 0.2) is 0 Å². The van der Waals surface area contributed by atoms with Crippen LogP contribution in [0.5, 0.6) is 11.6 Å². The minimum absolute atomic E-state index is 0.573. The largest absolute Gasteiger partial charge is 0.436 e. The third kappa shape index (κ3) is 2.49. The monoisotopic (exact) mass is 326 g/mol. The summed E-state index contributed by atoms with van der Waals surface area (Å²) in [6.07, 6.45) is 1.73. The average molecular weight is 326 g/mol. The van der Waals surface area contributed by atoms with Crippen molar-refractivity contribution < 1.29 is 4.74 Å². The molecule has 0 atom stereocenters. The lowest BCUT2D eigenvalue weighted by Crippen LogP contribution is -1.96. The van der Waals surface area contributed by atoms with Crippen LogP contribution in [-0.2, 0) is 0 Å². The lowest BCUT2D eigenvalue weighted by Gasteiger charge is -2.08. The van der Waals surface area contributed by atoms with E-state index in [0.29, 0.717) is 5.88 Å². The van der Waals surface area contributed by atoms with Crippen molar-refractivity contribution >= 4 is 22.6 Å². The molecule has 0 amide bonds. The Bertz CT molecular complexity index is 514. The Labute approximate surface area is 108 Å². The van der Waals surface area contributed by atoms with Crippen LogP contribution in [0.1, 0.15) is 11.4 Å². The highest BCUT2D eigenvalue weighted by molar-refractivity contribution is 14.1. The first-order valence-corrected chi connectivity index (χ1v) is 5.97. The molecule has 1 aromatic carbocycles. The molecule has 0 saturated heterocycles. The van der Waals surface area contributed by atoms with Gasteiger partial charge in [0.2, 0.25) is 5.88 Å². The number of nitrogens with zero attached hydrogens (tertiary/aromatic N) is 2. The van der Waals surface area contributed by atoms with Crippen LogP contribution in [-0.4, -0.2) is 9.97 Å². The van der Waals surface area contributed by atoms with E-state index < -0.39 is 0 Å². The van der Waals surface area contributed by atoms with Gasteiger partial charge in [0, 0.05) is 6.20 Å². The highest BCUT2D eigenvalue weighted by Crippen LogP contribution is 2.26. The number of hydrogen-bond donors (Lipinski definition) is 0. The predicted molar refractivity (Wildman–Crippen MR) is 70.7 cm³/mol. The Morgan fingerprint density at radius 3 is 2.69 bits per heavy atom. The molecule has 1 aromatic heterocycles. The standard InChI is InChI=1S/C12H11IN2O/c1-8-7-14-9(2)12(15-8)16-11-6-4-3-5-10(11)13/h3-7H,1-2H3. The summed E-state index contributed by atoms with van der Waals surface area (Å²) in [6.45, 7) is 3.78. The summed E-state index contributed by atoms with van der Waals surface area (Å²) in [5.74, 6) is 1.38. The van der Waals surface area contributed by atoms with Gasteiger partial charge < -0.3 is 4.74 Å². The highest BCUT2D eigenvalue weighted by Gasteiger charge is 2.06. The maximum Gasteiger partial charge on any atom is 0.241 e. The van der Waals surface area contributed by atoms with E-state index in [4.69, 9.17) is 4.74 Å². The van der Waals surface area contributed by atoms with Crippen LogP contribution in [0, 0.1) is 17.4 Å². The second-order valence-electron chi connectivity index (χ2n) is 3.43. The number of aromatic nitrogens is 2. The fraction of sp³-hybridized carbons (Fsp3) is 0.167. The molecule has 82 valence electrons. The Hall–Kier alpha value is -1.17. The summed E-state index contributed by atoms with van der Waals surface area (Å²) < 4.78 is 6.80. The van der Waals surface area contributed by atoms with Crippen LogP contribution in [0.2, 0.25) is 0 Å². The summed E-state index contributed by atoms with van der Waals surface area (Å²) in [5, 5.41) is 0. The molecular weight excluding hydrogens is 315 g/mol. The molecule has 0 bridgehead atoms. The zero-order chi connectivity index (χ0) is 11.5. The quantitative estimate of drug-likeness (QED) is 0.793. The van der Waals surface area contributed by atoms with E-state index in [1.165, 1.54) is 0 Å². The Kier molecular flexibility index (Phi) is 3.38. The van der Waals surface area contributed by atoms with Gasteiger partial charge in [-0.1, -0.05) is 12.1 Å². The minimum Gasteiger partial charge on any atom is -0.436 e. The molecule has 0 aliphatic rings. The molecule has 2 aromatic rings. The van der Waals surface area contributed by atoms with Crippen LogP contribution in [0.15, 0.2) is 30.5 Å². The lowest BCUT2D eigenvalue weighted by atomic mass is 10.3. The van der Waals surface area contributed by atoms with E-state index in [2.05, 4.69) is 32.6 Å². The van der Waals surface area contributed by atoms with Crippen LogP contribution >= 0.6 is 22.6 Å². The van der Waals surface area contributed by atoms with Crippen molar-refractivity contribution in [2.75, 3.05) is 0 Å². The summed E-state index contributed by atoms with van der Waals surface area (Å²) in [6, 6.07) is 7.83. The van der Waals surface area contributed by atoms with Crippen LogP contribution < -0.4 is 4.74 Å². The van der Waals surface area contributed by atoms with E-state index in [0.717, 1.165) is 20.7 Å². The van der Waals surface area contributed by atoms with Crippen LogP contribution in [0.3, 0.4) is 0 Å². The van der Waals surface area contributed by atoms with Crippen molar-refractivity contribution in [2.45, 2.75) is 13.8 Å². The molecule has 0 N–H and O–H groups in total. The first-order chi connectivity index (χ1) is 7.66. The molecular formula is C12H11IN2O. The second-order valence-corrected chi connectivity index (χ2v) is 4.60. The van der Waals surface area contributed by atoms with Crippen molar-refractivity contribution in [1.82, 2.24) is 9.97 Å². The van der Waals surface area contributed by atoms with Gasteiger partial charge in [0.25, 0.3) is 0 Å². The third-order valence-electron chi connectivity index (χ3n) is 2.08. The molecule has 16 heavy (non-hydrogen) atoms. The Morgan fingerprint density at radius 2 is 1.94 bits per heavy atom. The first kappa shape index (κ1) is 11.3. The third-order valence-corrected chi connectivity index (χ3v) is 2.97. The summed E-state index contributed by atoms with van der Waals surface area (Å²) >= 11 is 2.23. The topological polar surface area (TPSA) is 35.0 Å². The maximum atomic E-state index is 5.74. The number of halogens is 1. The Morgan fingerprint density at radius 1 is 1.19 bits per heavy atom. The van der Waals surface area contributed by atoms with E-state index in [-0.39, 0.29) is 0 Å². The van der Waals surface area contributed by atoms with Crippen molar-refractivity contribution in [2.24, 2.45) is 0 Å². The van der Waals surface area contributed by atoms with E-state index in [9.17, 15) is 0 Å². The smallest absolute Gasteiger partial charge is 0.241 e. The number of para-hydroxylation sites is 1. The predicted octanol–water partition coefficient (Wildman–Crippen LogP) is 3.49. The van der Waals surface area contributed by atoms with Gasteiger partial charge in [-0.05, 0) is 48.6 Å². The van der Waals surface area contributed by atoms with E-state index in [1.54, 1.807) is 6.20 Å². The van der Waals surface area contributed by atoms with Gasteiger partial charge >= 0.3 is 0 Å². The van der Waals surface area contributed by atoms with Crippen molar-refractivity contribution in [3.8, 4) is 11.6 Å². The van der Waals surface area contributed by atoms with Gasteiger partial charge in [-0.3, -0.25) is 4.98 Å². The van der Waals surface area contributed by atoms with Gasteiger partial charge in [-0.15, -0.1) is 0 Å². The van der Waals surface area contributed by atoms with Gasteiger partial charge in [0.05, 0.1) is 15.0 Å². The van der Waals surface area contributed by atoms with Gasteiger partial charge in [-0.25, -0.2) is 4.98 Å². The lowest BCUT2D eigenvalue weighted by molar-refractivity contribution is 0.451. The maximum absolute atomic E-state index is 5.74. The molecule has 2 rings (SSSR count). The first-order valence-electron chi connectivity index (χ1n) is 4.89. The van der Waals surface area contributed by atoms with Gasteiger partial charge in [-0.2, -0.15) is 0 Å². The highest BCUT2D eigenvalue weighted by atomic mass is 127. The van der Waals surface area contributed by atoms with E-state index >= 15 is 0 Å². The normalized spacial score (nSPS) is 10.2. The number of ether oxygens (including phenoxy) is 1. The molecule has 0 unspecified atom stereocenters. The molecule has 4 heteroatoms. The Balaban J connectivity index is 2.34. The zero-order valence-corrected chi connectivity index (χ0v) is 11.2. The summed E-state index contributed by atoms with van der Waals surface area (Å²) in [4.78, 5) is 8.54. The molecule has 0 spiro atoms. The molecule has 0 radical (unpaired) electrons. The van der Waals surface area contributed by atoms with Gasteiger partial charge in [0.1, 0.15) is 5.75 Å². The molecule has 0 aliphatic heterocycles. The number of rotatable bonds is 2. The van der Waals surface area contributed by atoms with Crippen LogP contribution in [0.4, 0.5) is 0 Å². The number of hydrogen-bond acceptors (Lipinski definition) is 3. The molecule has 1 heterocycles. The van der Waals surface area contributed by atoms with E-state index in [1.807, 2.05) is 38.1 Å². The summed E-state index contributed by atoms with van der Waals surface area (Å²) in [5.41, 5.74) is 1.65. The number of aryl methyl sites for hydroxylation is 2. The zero-order valence-electron chi connectivity index (χ0n) is 9.07. The molecule has 0 fully saturated rings. The second kappa shape index (κ2) is 4.78. The SMILES string of the molecule is Cc1cnc(C)c(Oc2ccccc2I)n1. The molecule has 3 nitrogen and oxygen atoms in total. The van der Waals surface area contributed by atoms with Crippen molar-refractivity contribution in [3.63, 3.8) is 0 Å². The summed E-state index contributed by atoms with van der Waals surface area (Å²) in [7, 11) is 0. The number of benzene rings is 1. The van der Waals surface area contributed by atoms with Crippen molar-refractivity contribution in [3.05, 3.63) is 45.4 Å².